The summed E-state index contributed by atoms with van der Waals surface area (Å²) in [6.45, 7) is -0.449. The Bertz CT molecular complexity index is 551. The van der Waals surface area contributed by atoms with Crippen LogP contribution in [-0.4, -0.2) is 47.8 Å². The number of hydrogen-bond acceptors (Lipinski definition) is 3. The van der Waals surface area contributed by atoms with E-state index in [0.717, 1.165) is 0 Å². The van der Waals surface area contributed by atoms with Crippen molar-refractivity contribution in [2.24, 2.45) is 0 Å². The molecule has 0 spiro atoms. The number of nitrogens with zero attached hydrogens (tertiary/aromatic N) is 1. The number of phenols is 1. The minimum absolute atomic E-state index is 0.0994. The summed E-state index contributed by atoms with van der Waals surface area (Å²) in [5.74, 6) is -0.652. The number of hydrogen-bond donors (Lipinski definition) is 2. The van der Waals surface area contributed by atoms with Gasteiger partial charge in [0.25, 0.3) is 5.91 Å². The Balaban J connectivity index is 1.98. The fourth-order valence-electron chi connectivity index (χ4n) is 2.52. The quantitative estimate of drug-likeness (QED) is 0.847. The fraction of sp³-hybridized carbons (Fsp3) is 0.500. The average Bonchev–Trinajstić information content (AvgIpc) is 2.40. The molecule has 4 nitrogen and oxygen atoms in total. The molecule has 0 aliphatic carbocycles. The van der Waals surface area contributed by atoms with Gasteiger partial charge in [0.2, 0.25) is 0 Å². The lowest BCUT2D eigenvalue weighted by Crippen LogP contribution is -2.49. The van der Waals surface area contributed by atoms with Crippen molar-refractivity contribution in [3.63, 3.8) is 0 Å². The van der Waals surface area contributed by atoms with E-state index in [9.17, 15) is 23.1 Å². The summed E-state index contributed by atoms with van der Waals surface area (Å²) in [5.41, 5.74) is 0.0994. The van der Waals surface area contributed by atoms with Gasteiger partial charge < -0.3 is 10.4 Å². The van der Waals surface area contributed by atoms with Crippen LogP contribution in [0.15, 0.2) is 22.7 Å². The Morgan fingerprint density at radius 1 is 1.45 bits per heavy atom. The molecule has 2 rings (SSSR count). The maximum absolute atomic E-state index is 12.4. The predicted molar refractivity (Wildman–Crippen MR) is 78.8 cm³/mol. The van der Waals surface area contributed by atoms with Gasteiger partial charge in [0.1, 0.15) is 5.75 Å². The lowest BCUT2D eigenvalue weighted by atomic mass is 10.0. The maximum atomic E-state index is 12.4. The Hall–Kier alpha value is -1.28. The summed E-state index contributed by atoms with van der Waals surface area (Å²) >= 11 is 3.21. The van der Waals surface area contributed by atoms with E-state index in [1.807, 2.05) is 0 Å². The van der Waals surface area contributed by atoms with Crippen molar-refractivity contribution < 1.29 is 23.1 Å². The number of aromatic hydroxyl groups is 1. The number of likely N-dealkylation sites (tertiary alicyclic amines) is 1. The molecule has 22 heavy (non-hydrogen) atoms. The first-order valence-corrected chi connectivity index (χ1v) is 7.62. The zero-order chi connectivity index (χ0) is 16.3. The summed E-state index contributed by atoms with van der Waals surface area (Å²) in [7, 11) is 0. The van der Waals surface area contributed by atoms with Crippen molar-refractivity contribution in [1.82, 2.24) is 10.2 Å². The second-order valence-electron chi connectivity index (χ2n) is 5.32. The third-order valence-corrected chi connectivity index (χ3v) is 3.94. The van der Waals surface area contributed by atoms with Crippen molar-refractivity contribution in [1.29, 1.82) is 0 Å². The average molecular weight is 381 g/mol. The number of phenolic OH excluding ortho intramolecular Hbond substituents is 1. The monoisotopic (exact) mass is 380 g/mol. The van der Waals surface area contributed by atoms with Crippen LogP contribution >= 0.6 is 15.9 Å². The number of benzene rings is 1. The highest BCUT2D eigenvalue weighted by atomic mass is 79.9. The Kier molecular flexibility index (Phi) is 5.33. The minimum atomic E-state index is -4.24. The van der Waals surface area contributed by atoms with Crippen molar-refractivity contribution in [3.05, 3.63) is 28.2 Å². The van der Waals surface area contributed by atoms with Crippen LogP contribution in [0.5, 0.6) is 5.75 Å². The van der Waals surface area contributed by atoms with Crippen molar-refractivity contribution in [2.75, 3.05) is 19.6 Å². The molecule has 0 bridgehead atoms. The van der Waals surface area contributed by atoms with Gasteiger partial charge in [-0.1, -0.05) is 15.9 Å². The summed E-state index contributed by atoms with van der Waals surface area (Å²) in [6.07, 6.45) is -3.03. The number of alkyl halides is 3. The molecule has 1 unspecified atom stereocenters. The molecule has 0 radical (unpaired) electrons. The fourth-order valence-corrected chi connectivity index (χ4v) is 2.88. The summed E-state index contributed by atoms with van der Waals surface area (Å²) in [4.78, 5) is 13.4. The number of halogens is 4. The molecule has 1 aliphatic rings. The molecular formula is C14H16BrF3N2O2. The van der Waals surface area contributed by atoms with Gasteiger partial charge in [0.15, 0.2) is 0 Å². The topological polar surface area (TPSA) is 52.6 Å². The lowest BCUT2D eigenvalue weighted by molar-refractivity contribution is -0.148. The van der Waals surface area contributed by atoms with Gasteiger partial charge in [-0.15, -0.1) is 0 Å². The Labute approximate surface area is 134 Å². The SMILES string of the molecule is O=C(NC1CCCN(CC(F)(F)F)C1)c1cc(Br)ccc1O. The first-order chi connectivity index (χ1) is 10.2. The van der Waals surface area contributed by atoms with Crippen LogP contribution in [-0.2, 0) is 0 Å². The van der Waals surface area contributed by atoms with Crippen LogP contribution in [0.3, 0.4) is 0 Å². The molecule has 1 fully saturated rings. The van der Waals surface area contributed by atoms with Crippen molar-refractivity contribution in [2.45, 2.75) is 25.1 Å². The van der Waals surface area contributed by atoms with E-state index in [2.05, 4.69) is 21.2 Å². The predicted octanol–water partition coefficient (Wildman–Crippen LogP) is 2.91. The zero-order valence-corrected chi connectivity index (χ0v) is 13.2. The molecule has 1 atom stereocenters. The molecule has 1 heterocycles. The summed E-state index contributed by atoms with van der Waals surface area (Å²) in [5, 5.41) is 12.4. The highest BCUT2D eigenvalue weighted by Gasteiger charge is 2.33. The van der Waals surface area contributed by atoms with E-state index in [4.69, 9.17) is 0 Å². The van der Waals surface area contributed by atoms with E-state index in [0.29, 0.717) is 23.9 Å². The molecule has 8 heteroatoms. The van der Waals surface area contributed by atoms with Gasteiger partial charge in [-0.2, -0.15) is 13.2 Å². The molecule has 1 aromatic rings. The molecule has 1 aliphatic heterocycles. The zero-order valence-electron chi connectivity index (χ0n) is 11.7. The smallest absolute Gasteiger partial charge is 0.401 e. The molecule has 0 aromatic heterocycles. The largest absolute Gasteiger partial charge is 0.507 e. The first-order valence-electron chi connectivity index (χ1n) is 6.83. The maximum Gasteiger partial charge on any atom is 0.401 e. The normalized spacial score (nSPS) is 19.9. The van der Waals surface area contributed by atoms with Crippen LogP contribution in [0, 0.1) is 0 Å². The van der Waals surface area contributed by atoms with E-state index < -0.39 is 18.6 Å². The van der Waals surface area contributed by atoms with Crippen LogP contribution in [0.2, 0.25) is 0 Å². The number of amides is 1. The van der Waals surface area contributed by atoms with Crippen molar-refractivity contribution in [3.8, 4) is 5.75 Å². The van der Waals surface area contributed by atoms with E-state index in [1.54, 1.807) is 6.07 Å². The van der Waals surface area contributed by atoms with Gasteiger partial charge in [0, 0.05) is 17.1 Å². The number of carbonyl (C=O) groups is 1. The first kappa shape index (κ1) is 17.1. The minimum Gasteiger partial charge on any atom is -0.507 e. The highest BCUT2D eigenvalue weighted by molar-refractivity contribution is 9.10. The van der Waals surface area contributed by atoms with Gasteiger partial charge in [-0.25, -0.2) is 0 Å². The lowest BCUT2D eigenvalue weighted by Gasteiger charge is -2.33. The molecule has 1 amide bonds. The molecule has 1 aromatic carbocycles. The molecule has 2 N–H and O–H groups in total. The van der Waals surface area contributed by atoms with Crippen LogP contribution in [0.4, 0.5) is 13.2 Å². The van der Waals surface area contributed by atoms with E-state index >= 15 is 0 Å². The molecule has 122 valence electrons. The van der Waals surface area contributed by atoms with Crippen LogP contribution in [0.1, 0.15) is 23.2 Å². The Morgan fingerprint density at radius 2 is 2.18 bits per heavy atom. The summed E-state index contributed by atoms with van der Waals surface area (Å²) < 4.78 is 37.9. The number of rotatable bonds is 3. The van der Waals surface area contributed by atoms with Gasteiger partial charge in [-0.05, 0) is 37.6 Å². The standard InChI is InChI=1S/C14H16BrF3N2O2/c15-9-3-4-12(21)11(6-9)13(22)19-10-2-1-5-20(7-10)8-14(16,17)18/h3-4,6,10,21H,1-2,5,7-8H2,(H,19,22). The van der Waals surface area contributed by atoms with Crippen molar-refractivity contribution >= 4 is 21.8 Å². The molecule has 1 saturated heterocycles. The van der Waals surface area contributed by atoms with Gasteiger partial charge in [0.05, 0.1) is 12.1 Å². The van der Waals surface area contributed by atoms with E-state index in [-0.39, 0.29) is 23.9 Å². The van der Waals surface area contributed by atoms with Gasteiger partial charge >= 0.3 is 6.18 Å². The Morgan fingerprint density at radius 3 is 2.86 bits per heavy atom. The second-order valence-corrected chi connectivity index (χ2v) is 6.24. The number of carbonyl (C=O) groups excluding carboxylic acids is 1. The third kappa shape index (κ3) is 4.88. The number of piperidine rings is 1. The highest BCUT2D eigenvalue weighted by Crippen LogP contribution is 2.23. The van der Waals surface area contributed by atoms with Crippen LogP contribution < -0.4 is 5.32 Å². The molecule has 0 saturated carbocycles. The second kappa shape index (κ2) is 6.87. The van der Waals surface area contributed by atoms with E-state index in [1.165, 1.54) is 17.0 Å². The van der Waals surface area contributed by atoms with Gasteiger partial charge in [-0.3, -0.25) is 9.69 Å². The van der Waals surface area contributed by atoms with Crippen LogP contribution in [0.25, 0.3) is 0 Å². The third-order valence-electron chi connectivity index (χ3n) is 3.45. The molecular weight excluding hydrogens is 365 g/mol. The summed E-state index contributed by atoms with van der Waals surface area (Å²) in [6, 6.07) is 4.09. The number of nitrogens with one attached hydrogen (secondary N) is 1.